The molecule has 1 amide bonds. The molecule has 0 aliphatic heterocycles. The molecule has 2 rings (SSSR count). The van der Waals surface area contributed by atoms with Crippen molar-refractivity contribution in [3.8, 4) is 0 Å². The van der Waals surface area contributed by atoms with Crippen molar-refractivity contribution < 1.29 is 9.18 Å². The molecule has 1 fully saturated rings. The van der Waals surface area contributed by atoms with Crippen LogP contribution in [0.15, 0.2) is 24.3 Å². The maximum atomic E-state index is 12.7. The summed E-state index contributed by atoms with van der Waals surface area (Å²) in [6, 6.07) is 6.01. The van der Waals surface area contributed by atoms with Gasteiger partial charge in [0.05, 0.1) is 6.42 Å². The van der Waals surface area contributed by atoms with Crippen LogP contribution in [0.1, 0.15) is 24.8 Å². The van der Waals surface area contributed by atoms with Crippen LogP contribution in [-0.4, -0.2) is 19.0 Å². The molecule has 1 aromatic rings. The van der Waals surface area contributed by atoms with E-state index in [4.69, 9.17) is 5.73 Å². The van der Waals surface area contributed by atoms with Gasteiger partial charge in [-0.25, -0.2) is 4.39 Å². The number of benzene rings is 1. The fourth-order valence-electron chi connectivity index (χ4n) is 2.27. The molecule has 0 heterocycles. The zero-order valence-electron chi connectivity index (χ0n) is 10.4. The maximum Gasteiger partial charge on any atom is 0.224 e. The second-order valence-electron chi connectivity index (χ2n) is 5.14. The standard InChI is InChI=1S/C14H19FN2O/c15-12-4-2-11(3-5-12)8-13(18)17-10-14(9-16)6-1-7-14/h2-5H,1,6-10,16H2,(H,17,18). The predicted octanol–water partition coefficient (Wildman–Crippen LogP) is 1.61. The van der Waals surface area contributed by atoms with E-state index < -0.39 is 0 Å². The van der Waals surface area contributed by atoms with Crippen LogP contribution < -0.4 is 11.1 Å². The number of rotatable bonds is 5. The van der Waals surface area contributed by atoms with E-state index >= 15 is 0 Å². The van der Waals surface area contributed by atoms with E-state index in [1.54, 1.807) is 12.1 Å². The van der Waals surface area contributed by atoms with Gasteiger partial charge < -0.3 is 11.1 Å². The third-order valence-electron chi connectivity index (χ3n) is 3.79. The maximum absolute atomic E-state index is 12.7. The van der Waals surface area contributed by atoms with Crippen LogP contribution in [0.25, 0.3) is 0 Å². The Balaban J connectivity index is 1.80. The van der Waals surface area contributed by atoms with Gasteiger partial charge >= 0.3 is 0 Å². The summed E-state index contributed by atoms with van der Waals surface area (Å²) in [5.41, 5.74) is 6.68. The molecule has 4 heteroatoms. The normalized spacial score (nSPS) is 17.0. The van der Waals surface area contributed by atoms with E-state index in [1.165, 1.54) is 18.6 Å². The summed E-state index contributed by atoms with van der Waals surface area (Å²) >= 11 is 0. The molecule has 3 N–H and O–H groups in total. The second-order valence-corrected chi connectivity index (χ2v) is 5.14. The molecule has 0 aromatic heterocycles. The van der Waals surface area contributed by atoms with Crippen molar-refractivity contribution >= 4 is 5.91 Å². The Hall–Kier alpha value is -1.42. The van der Waals surface area contributed by atoms with Crippen LogP contribution in [0.2, 0.25) is 0 Å². The first-order chi connectivity index (χ1) is 8.63. The van der Waals surface area contributed by atoms with Crippen LogP contribution >= 0.6 is 0 Å². The number of hydrogen-bond donors (Lipinski definition) is 2. The minimum Gasteiger partial charge on any atom is -0.355 e. The van der Waals surface area contributed by atoms with Gasteiger partial charge in [0.2, 0.25) is 5.91 Å². The summed E-state index contributed by atoms with van der Waals surface area (Å²) in [5, 5.41) is 2.93. The molecular formula is C14H19FN2O. The molecular weight excluding hydrogens is 231 g/mol. The molecule has 98 valence electrons. The van der Waals surface area contributed by atoms with Crippen LogP contribution in [0.3, 0.4) is 0 Å². The van der Waals surface area contributed by atoms with Crippen molar-refractivity contribution in [1.29, 1.82) is 0 Å². The predicted molar refractivity (Wildman–Crippen MR) is 68.5 cm³/mol. The lowest BCUT2D eigenvalue weighted by atomic mass is 9.69. The van der Waals surface area contributed by atoms with Crippen molar-refractivity contribution in [2.45, 2.75) is 25.7 Å². The Morgan fingerprint density at radius 1 is 1.33 bits per heavy atom. The molecule has 0 spiro atoms. The summed E-state index contributed by atoms with van der Waals surface area (Å²) in [6.07, 6.45) is 3.69. The van der Waals surface area contributed by atoms with Gasteiger partial charge in [0.15, 0.2) is 0 Å². The van der Waals surface area contributed by atoms with Gasteiger partial charge in [-0.15, -0.1) is 0 Å². The topological polar surface area (TPSA) is 55.1 Å². The van der Waals surface area contributed by atoms with Crippen LogP contribution in [0.4, 0.5) is 4.39 Å². The highest BCUT2D eigenvalue weighted by atomic mass is 19.1. The van der Waals surface area contributed by atoms with E-state index in [2.05, 4.69) is 5.32 Å². The third kappa shape index (κ3) is 3.07. The highest BCUT2D eigenvalue weighted by Crippen LogP contribution is 2.39. The summed E-state index contributed by atoms with van der Waals surface area (Å²) < 4.78 is 12.7. The smallest absolute Gasteiger partial charge is 0.224 e. The Morgan fingerprint density at radius 2 is 2.00 bits per heavy atom. The average molecular weight is 250 g/mol. The van der Waals surface area contributed by atoms with Crippen LogP contribution in [-0.2, 0) is 11.2 Å². The van der Waals surface area contributed by atoms with Gasteiger partial charge in [0, 0.05) is 6.54 Å². The van der Waals surface area contributed by atoms with Gasteiger partial charge in [-0.3, -0.25) is 4.79 Å². The Labute approximate surface area is 107 Å². The van der Waals surface area contributed by atoms with Gasteiger partial charge in [0.25, 0.3) is 0 Å². The number of hydrogen-bond acceptors (Lipinski definition) is 2. The SMILES string of the molecule is NCC1(CNC(=O)Cc2ccc(F)cc2)CCC1. The first kappa shape index (κ1) is 13.0. The van der Waals surface area contributed by atoms with Gasteiger partial charge in [-0.1, -0.05) is 18.6 Å². The minimum atomic E-state index is -0.282. The molecule has 1 saturated carbocycles. The largest absolute Gasteiger partial charge is 0.355 e. The zero-order valence-corrected chi connectivity index (χ0v) is 10.4. The highest BCUT2D eigenvalue weighted by Gasteiger charge is 2.35. The molecule has 0 unspecified atom stereocenters. The second kappa shape index (κ2) is 5.48. The summed E-state index contributed by atoms with van der Waals surface area (Å²) in [4.78, 5) is 11.8. The molecule has 3 nitrogen and oxygen atoms in total. The van der Waals surface area contributed by atoms with E-state index in [-0.39, 0.29) is 17.1 Å². The number of halogens is 1. The molecule has 1 aromatic carbocycles. The van der Waals surface area contributed by atoms with Crippen molar-refractivity contribution in [3.05, 3.63) is 35.6 Å². The molecule has 18 heavy (non-hydrogen) atoms. The van der Waals surface area contributed by atoms with Gasteiger partial charge in [-0.2, -0.15) is 0 Å². The third-order valence-corrected chi connectivity index (χ3v) is 3.79. The molecule has 0 saturated heterocycles. The lowest BCUT2D eigenvalue weighted by Crippen LogP contribution is -2.47. The first-order valence-electron chi connectivity index (χ1n) is 6.35. The summed E-state index contributed by atoms with van der Waals surface area (Å²) in [6.45, 7) is 1.29. The van der Waals surface area contributed by atoms with E-state index in [0.717, 1.165) is 18.4 Å². The Morgan fingerprint density at radius 3 is 2.50 bits per heavy atom. The highest BCUT2D eigenvalue weighted by molar-refractivity contribution is 5.78. The zero-order chi connectivity index (χ0) is 13.0. The Kier molecular flexibility index (Phi) is 3.97. The summed E-state index contributed by atoms with van der Waals surface area (Å²) in [5.74, 6) is -0.308. The molecule has 1 aliphatic carbocycles. The number of carbonyl (C=O) groups is 1. The number of carbonyl (C=O) groups excluding carboxylic acids is 1. The quantitative estimate of drug-likeness (QED) is 0.834. The van der Waals surface area contributed by atoms with Crippen molar-refractivity contribution in [2.24, 2.45) is 11.1 Å². The van der Waals surface area contributed by atoms with E-state index in [9.17, 15) is 9.18 Å². The monoisotopic (exact) mass is 250 g/mol. The fourth-order valence-corrected chi connectivity index (χ4v) is 2.27. The Bertz CT molecular complexity index is 407. The number of amides is 1. The van der Waals surface area contributed by atoms with E-state index in [1.807, 2.05) is 0 Å². The lowest BCUT2D eigenvalue weighted by molar-refractivity contribution is -0.121. The van der Waals surface area contributed by atoms with Crippen LogP contribution in [0.5, 0.6) is 0 Å². The van der Waals surface area contributed by atoms with Gasteiger partial charge in [-0.05, 0) is 42.5 Å². The van der Waals surface area contributed by atoms with Gasteiger partial charge in [0.1, 0.15) is 5.82 Å². The number of nitrogens with one attached hydrogen (secondary N) is 1. The molecule has 0 radical (unpaired) electrons. The average Bonchev–Trinajstić information content (AvgIpc) is 2.31. The van der Waals surface area contributed by atoms with E-state index in [0.29, 0.717) is 19.5 Å². The minimum absolute atomic E-state index is 0.0265. The van der Waals surface area contributed by atoms with Crippen molar-refractivity contribution in [3.63, 3.8) is 0 Å². The fraction of sp³-hybridized carbons (Fsp3) is 0.500. The molecule has 0 atom stereocenters. The van der Waals surface area contributed by atoms with Crippen molar-refractivity contribution in [2.75, 3.05) is 13.1 Å². The molecule has 0 bridgehead atoms. The number of nitrogens with two attached hydrogens (primary N) is 1. The summed E-state index contributed by atoms with van der Waals surface area (Å²) in [7, 11) is 0. The van der Waals surface area contributed by atoms with Crippen molar-refractivity contribution in [1.82, 2.24) is 5.32 Å². The van der Waals surface area contributed by atoms with Crippen LogP contribution in [0, 0.1) is 11.2 Å². The first-order valence-corrected chi connectivity index (χ1v) is 6.35. The lowest BCUT2D eigenvalue weighted by Gasteiger charge is -2.41. The molecule has 1 aliphatic rings.